The molecule has 2 rings (SSSR count). The van der Waals surface area contributed by atoms with Crippen molar-refractivity contribution in [2.24, 2.45) is 0 Å². The van der Waals surface area contributed by atoms with Gasteiger partial charge in [0.15, 0.2) is 0 Å². The third-order valence-electron chi connectivity index (χ3n) is 2.02. The van der Waals surface area contributed by atoms with Gasteiger partial charge in [0.05, 0.1) is 5.69 Å². The largest absolute Gasteiger partial charge is 0.313 e. The molecule has 0 fully saturated rings. The van der Waals surface area contributed by atoms with Gasteiger partial charge in [0.25, 0.3) is 0 Å². The topological polar surface area (TPSA) is 37.8 Å². The molecule has 1 aliphatic heterocycles. The molecule has 0 spiro atoms. The highest BCUT2D eigenvalue weighted by Crippen LogP contribution is 2.17. The second-order valence-corrected chi connectivity index (χ2v) is 3.23. The number of hydrogen-bond donors (Lipinski definition) is 1. The minimum Gasteiger partial charge on any atom is -0.313 e. The molecule has 14 heavy (non-hydrogen) atoms. The first-order valence-electron chi connectivity index (χ1n) is 4.25. The van der Waals surface area contributed by atoms with E-state index < -0.39 is 0 Å². The first-order chi connectivity index (χ1) is 6.36. The zero-order valence-corrected chi connectivity index (χ0v) is 9.11. The van der Waals surface area contributed by atoms with Crippen molar-refractivity contribution < 1.29 is 0 Å². The van der Waals surface area contributed by atoms with E-state index in [9.17, 15) is 0 Å². The molecule has 1 N–H and O–H groups in total. The van der Waals surface area contributed by atoms with Crippen molar-refractivity contribution in [2.75, 3.05) is 13.1 Å². The SMILES string of the molecule is Cl.Clc1nccc(C2=CCNCC2)n1. The van der Waals surface area contributed by atoms with Crippen LogP contribution in [0.4, 0.5) is 0 Å². The molecule has 0 unspecified atom stereocenters. The lowest BCUT2D eigenvalue weighted by Gasteiger charge is -2.12. The van der Waals surface area contributed by atoms with E-state index in [0.29, 0.717) is 5.28 Å². The van der Waals surface area contributed by atoms with Gasteiger partial charge in [-0.25, -0.2) is 9.97 Å². The Bertz CT molecular complexity index is 339. The smallest absolute Gasteiger partial charge is 0.222 e. The van der Waals surface area contributed by atoms with Gasteiger partial charge in [0, 0.05) is 12.7 Å². The monoisotopic (exact) mass is 231 g/mol. The molecule has 1 aliphatic rings. The van der Waals surface area contributed by atoms with E-state index in [0.717, 1.165) is 25.2 Å². The average molecular weight is 232 g/mol. The third-order valence-corrected chi connectivity index (χ3v) is 2.20. The first kappa shape index (κ1) is 11.4. The van der Waals surface area contributed by atoms with Gasteiger partial charge in [0.2, 0.25) is 5.28 Å². The summed E-state index contributed by atoms with van der Waals surface area (Å²) in [6.45, 7) is 1.92. The summed E-state index contributed by atoms with van der Waals surface area (Å²) in [5.74, 6) is 0. The number of nitrogens with zero attached hydrogens (tertiary/aromatic N) is 2. The molecule has 5 heteroatoms. The van der Waals surface area contributed by atoms with Crippen molar-refractivity contribution in [3.63, 3.8) is 0 Å². The van der Waals surface area contributed by atoms with E-state index in [4.69, 9.17) is 11.6 Å². The van der Waals surface area contributed by atoms with Crippen LogP contribution >= 0.6 is 24.0 Å². The molecule has 0 aliphatic carbocycles. The lowest BCUT2D eigenvalue weighted by Crippen LogP contribution is -2.20. The quantitative estimate of drug-likeness (QED) is 0.752. The highest BCUT2D eigenvalue weighted by atomic mass is 35.5. The van der Waals surface area contributed by atoms with Crippen LogP contribution in [0.3, 0.4) is 0 Å². The van der Waals surface area contributed by atoms with Gasteiger partial charge in [-0.2, -0.15) is 0 Å². The lowest BCUT2D eigenvalue weighted by molar-refractivity contribution is 0.736. The fourth-order valence-electron chi connectivity index (χ4n) is 1.37. The summed E-state index contributed by atoms with van der Waals surface area (Å²) in [6, 6.07) is 1.89. The molecule has 0 saturated heterocycles. The molecular weight excluding hydrogens is 221 g/mol. The fraction of sp³-hybridized carbons (Fsp3) is 0.333. The third kappa shape index (κ3) is 2.67. The Labute approximate surface area is 94.0 Å². The van der Waals surface area contributed by atoms with Crippen LogP contribution in [-0.4, -0.2) is 23.1 Å². The number of nitrogens with one attached hydrogen (secondary N) is 1. The number of aromatic nitrogens is 2. The molecule has 76 valence electrons. The first-order valence-corrected chi connectivity index (χ1v) is 4.63. The van der Waals surface area contributed by atoms with Gasteiger partial charge in [-0.15, -0.1) is 12.4 Å². The summed E-state index contributed by atoms with van der Waals surface area (Å²) < 4.78 is 0. The molecule has 0 amide bonds. The Balaban J connectivity index is 0.000000980. The van der Waals surface area contributed by atoms with Crippen molar-refractivity contribution in [1.29, 1.82) is 0 Å². The Morgan fingerprint density at radius 3 is 2.93 bits per heavy atom. The second kappa shape index (κ2) is 5.29. The minimum atomic E-state index is 0. The maximum Gasteiger partial charge on any atom is 0.222 e. The van der Waals surface area contributed by atoms with Gasteiger partial charge in [0.1, 0.15) is 0 Å². The molecule has 1 aromatic heterocycles. The highest BCUT2D eigenvalue weighted by molar-refractivity contribution is 6.28. The van der Waals surface area contributed by atoms with Gasteiger partial charge in [-0.3, -0.25) is 0 Å². The van der Waals surface area contributed by atoms with Crippen LogP contribution in [0.5, 0.6) is 0 Å². The zero-order chi connectivity index (χ0) is 9.10. The molecule has 0 atom stereocenters. The standard InChI is InChI=1S/C9H10ClN3.ClH/c10-9-12-6-3-8(13-9)7-1-4-11-5-2-7;/h1,3,6,11H,2,4-5H2;1H. The molecular formula is C9H11Cl2N3. The normalized spacial score (nSPS) is 15.6. The average Bonchev–Trinajstić information content (AvgIpc) is 2.19. The maximum atomic E-state index is 5.70. The summed E-state index contributed by atoms with van der Waals surface area (Å²) in [5.41, 5.74) is 2.20. The second-order valence-electron chi connectivity index (χ2n) is 2.89. The number of hydrogen-bond acceptors (Lipinski definition) is 3. The summed E-state index contributed by atoms with van der Waals surface area (Å²) in [6.07, 6.45) is 4.84. The molecule has 1 aromatic rings. The molecule has 2 heterocycles. The van der Waals surface area contributed by atoms with Crippen molar-refractivity contribution in [3.05, 3.63) is 29.3 Å². The van der Waals surface area contributed by atoms with Crippen LogP contribution < -0.4 is 5.32 Å². The van der Waals surface area contributed by atoms with E-state index in [2.05, 4.69) is 21.4 Å². The maximum absolute atomic E-state index is 5.70. The van der Waals surface area contributed by atoms with Crippen molar-refractivity contribution in [3.8, 4) is 0 Å². The van der Waals surface area contributed by atoms with E-state index in [1.165, 1.54) is 5.57 Å². The van der Waals surface area contributed by atoms with Crippen LogP contribution in [0.15, 0.2) is 18.3 Å². The summed E-state index contributed by atoms with van der Waals surface area (Å²) in [5, 5.41) is 3.56. The predicted molar refractivity (Wildman–Crippen MR) is 59.8 cm³/mol. The fourth-order valence-corrected chi connectivity index (χ4v) is 1.52. The Morgan fingerprint density at radius 1 is 1.43 bits per heavy atom. The van der Waals surface area contributed by atoms with Crippen molar-refractivity contribution in [2.45, 2.75) is 6.42 Å². The summed E-state index contributed by atoms with van der Waals surface area (Å²) in [7, 11) is 0. The van der Waals surface area contributed by atoms with E-state index in [-0.39, 0.29) is 12.4 Å². The van der Waals surface area contributed by atoms with E-state index in [1.54, 1.807) is 6.20 Å². The van der Waals surface area contributed by atoms with Gasteiger partial charge < -0.3 is 5.32 Å². The molecule has 3 nitrogen and oxygen atoms in total. The van der Waals surface area contributed by atoms with E-state index >= 15 is 0 Å². The number of rotatable bonds is 1. The van der Waals surface area contributed by atoms with Crippen LogP contribution in [0, 0.1) is 0 Å². The summed E-state index contributed by atoms with van der Waals surface area (Å²) in [4.78, 5) is 8.00. The van der Waals surface area contributed by atoms with Gasteiger partial charge >= 0.3 is 0 Å². The molecule has 0 aromatic carbocycles. The molecule has 0 radical (unpaired) electrons. The molecule has 0 saturated carbocycles. The van der Waals surface area contributed by atoms with Crippen LogP contribution in [0.1, 0.15) is 12.1 Å². The summed E-state index contributed by atoms with van der Waals surface area (Å²) >= 11 is 5.70. The Kier molecular flexibility index (Phi) is 4.32. The van der Waals surface area contributed by atoms with Crippen LogP contribution in [0.25, 0.3) is 5.57 Å². The highest BCUT2D eigenvalue weighted by Gasteiger charge is 2.06. The Hall–Kier alpha value is -0.640. The Morgan fingerprint density at radius 2 is 2.29 bits per heavy atom. The minimum absolute atomic E-state index is 0. The lowest BCUT2D eigenvalue weighted by atomic mass is 10.1. The van der Waals surface area contributed by atoms with Crippen molar-refractivity contribution in [1.82, 2.24) is 15.3 Å². The zero-order valence-electron chi connectivity index (χ0n) is 7.53. The predicted octanol–water partition coefficient (Wildman–Crippen LogP) is 1.93. The van der Waals surface area contributed by atoms with Gasteiger partial charge in [-0.1, -0.05) is 6.08 Å². The van der Waals surface area contributed by atoms with E-state index in [1.807, 2.05) is 6.07 Å². The molecule has 0 bridgehead atoms. The van der Waals surface area contributed by atoms with Gasteiger partial charge in [-0.05, 0) is 36.2 Å². The van der Waals surface area contributed by atoms with Crippen LogP contribution in [0.2, 0.25) is 5.28 Å². The van der Waals surface area contributed by atoms with Crippen LogP contribution in [-0.2, 0) is 0 Å². The number of halogens is 2. The van der Waals surface area contributed by atoms with Crippen molar-refractivity contribution >= 4 is 29.6 Å².